The lowest BCUT2D eigenvalue weighted by Gasteiger charge is -2.27. The Kier molecular flexibility index (Phi) is 4.01. The third kappa shape index (κ3) is 2.49. The van der Waals surface area contributed by atoms with Crippen LogP contribution in [0.1, 0.15) is 47.3 Å². The molecule has 2 aromatic carbocycles. The summed E-state index contributed by atoms with van der Waals surface area (Å²) in [5.74, 6) is 0. The van der Waals surface area contributed by atoms with Crippen molar-refractivity contribution in [2.45, 2.75) is 25.0 Å². The average molecular weight is 321 g/mol. The minimum atomic E-state index is -0.897. The highest BCUT2D eigenvalue weighted by molar-refractivity contribution is 5.86. The highest BCUT2D eigenvalue weighted by Gasteiger charge is 2.32. The van der Waals surface area contributed by atoms with E-state index in [0.29, 0.717) is 0 Å². The van der Waals surface area contributed by atoms with Crippen LogP contribution in [-0.2, 0) is 0 Å². The first-order valence-electron chi connectivity index (χ1n) is 8.62. The van der Waals surface area contributed by atoms with E-state index >= 15 is 0 Å². The Hall–Kier alpha value is -1.94. The van der Waals surface area contributed by atoms with E-state index in [1.807, 2.05) is 36.4 Å². The molecule has 2 N–H and O–H groups in total. The Morgan fingerprint density at radius 2 is 1.25 bits per heavy atom. The summed E-state index contributed by atoms with van der Waals surface area (Å²) in [5, 5.41) is 21.5. The van der Waals surface area contributed by atoms with Crippen LogP contribution in [-0.4, -0.2) is 35.3 Å². The van der Waals surface area contributed by atoms with E-state index in [1.54, 1.807) is 0 Å². The number of benzene rings is 2. The number of aliphatic hydroxyl groups is 2. The second-order valence-corrected chi connectivity index (χ2v) is 6.85. The molecule has 0 amide bonds. The smallest absolute Gasteiger partial charge is 0.110 e. The number of nitrogens with zero attached hydrogens (tertiary/aromatic N) is 1. The third-order valence-corrected chi connectivity index (χ3v) is 5.34. The molecule has 1 saturated heterocycles. The number of piperidine rings is 1. The standard InChI is InChI=1S/C21H23NO2/c1-22-12-10-14(11-13-22)19-15-6-2-4-8-17(15)20(23)21(24)18-9-5-3-7-16(18)19/h2-9,20-21,23-24H,10-13H2,1H3/t20-,21-/m1/s1. The van der Waals surface area contributed by atoms with Crippen LogP contribution in [0, 0.1) is 0 Å². The van der Waals surface area contributed by atoms with Crippen molar-refractivity contribution in [3.8, 4) is 0 Å². The molecule has 0 unspecified atom stereocenters. The van der Waals surface area contributed by atoms with Crippen LogP contribution in [0.25, 0.3) is 5.57 Å². The van der Waals surface area contributed by atoms with Crippen molar-refractivity contribution in [1.82, 2.24) is 4.90 Å². The van der Waals surface area contributed by atoms with E-state index in [0.717, 1.165) is 48.2 Å². The normalized spacial score (nSPS) is 24.3. The summed E-state index contributed by atoms with van der Waals surface area (Å²) in [6.07, 6.45) is 0.264. The van der Waals surface area contributed by atoms with Crippen LogP contribution in [0.3, 0.4) is 0 Å². The first-order valence-corrected chi connectivity index (χ1v) is 8.62. The van der Waals surface area contributed by atoms with Crippen molar-refractivity contribution in [1.29, 1.82) is 0 Å². The van der Waals surface area contributed by atoms with E-state index < -0.39 is 12.2 Å². The lowest BCUT2D eigenvalue weighted by molar-refractivity contribution is 0.0176. The lowest BCUT2D eigenvalue weighted by atomic mass is 9.86. The topological polar surface area (TPSA) is 43.7 Å². The number of rotatable bonds is 0. The summed E-state index contributed by atoms with van der Waals surface area (Å²) >= 11 is 0. The maximum absolute atomic E-state index is 10.7. The van der Waals surface area contributed by atoms with E-state index in [4.69, 9.17) is 0 Å². The molecular formula is C21H23NO2. The van der Waals surface area contributed by atoms with Crippen molar-refractivity contribution < 1.29 is 10.2 Å². The molecule has 2 aliphatic rings. The maximum Gasteiger partial charge on any atom is 0.110 e. The number of hydrogen-bond donors (Lipinski definition) is 2. The zero-order chi connectivity index (χ0) is 16.7. The predicted molar refractivity (Wildman–Crippen MR) is 95.6 cm³/mol. The van der Waals surface area contributed by atoms with Gasteiger partial charge in [0.1, 0.15) is 12.2 Å². The third-order valence-electron chi connectivity index (χ3n) is 5.34. The van der Waals surface area contributed by atoms with E-state index in [9.17, 15) is 10.2 Å². The molecule has 1 aliphatic carbocycles. The Morgan fingerprint density at radius 3 is 1.75 bits per heavy atom. The zero-order valence-electron chi connectivity index (χ0n) is 13.9. The van der Waals surface area contributed by atoms with Crippen molar-refractivity contribution >= 4 is 5.57 Å². The summed E-state index contributed by atoms with van der Waals surface area (Å²) in [6.45, 7) is 2.10. The predicted octanol–water partition coefficient (Wildman–Crippen LogP) is 3.29. The molecule has 2 aromatic rings. The summed E-state index contributed by atoms with van der Waals surface area (Å²) in [5.41, 5.74) is 6.41. The number of aliphatic hydroxyl groups excluding tert-OH is 2. The average Bonchev–Trinajstić information content (AvgIpc) is 2.71. The van der Waals surface area contributed by atoms with Gasteiger partial charge in [-0.05, 0) is 47.7 Å². The molecule has 0 saturated carbocycles. The second kappa shape index (κ2) is 6.17. The van der Waals surface area contributed by atoms with Gasteiger partial charge in [-0.1, -0.05) is 54.1 Å². The number of hydrogen-bond acceptors (Lipinski definition) is 3. The van der Waals surface area contributed by atoms with Crippen molar-refractivity contribution in [2.75, 3.05) is 20.1 Å². The van der Waals surface area contributed by atoms with Crippen LogP contribution in [0.2, 0.25) is 0 Å². The van der Waals surface area contributed by atoms with Crippen molar-refractivity contribution in [2.24, 2.45) is 0 Å². The summed E-state index contributed by atoms with van der Waals surface area (Å²) in [7, 11) is 2.16. The SMILES string of the molecule is CN1CCC(=C2c3ccccc3[C@@H](O)[C@H](O)c3ccccc32)CC1. The summed E-state index contributed by atoms with van der Waals surface area (Å²) in [6, 6.07) is 15.9. The molecule has 0 bridgehead atoms. The Bertz CT molecular complexity index is 732. The number of fused-ring (bicyclic) bond motifs is 2. The van der Waals surface area contributed by atoms with Crippen LogP contribution in [0.15, 0.2) is 54.1 Å². The molecule has 3 nitrogen and oxygen atoms in total. The molecule has 0 spiro atoms. The Balaban J connectivity index is 2.00. The maximum atomic E-state index is 10.7. The van der Waals surface area contributed by atoms with Gasteiger partial charge in [0.25, 0.3) is 0 Å². The fourth-order valence-electron chi connectivity index (χ4n) is 3.97. The molecule has 1 heterocycles. The van der Waals surface area contributed by atoms with Gasteiger partial charge in [-0.25, -0.2) is 0 Å². The largest absolute Gasteiger partial charge is 0.385 e. The molecule has 0 aromatic heterocycles. The van der Waals surface area contributed by atoms with Crippen LogP contribution in [0.4, 0.5) is 0 Å². The second-order valence-electron chi connectivity index (χ2n) is 6.85. The first kappa shape index (κ1) is 15.6. The molecule has 1 fully saturated rings. The van der Waals surface area contributed by atoms with Gasteiger partial charge >= 0.3 is 0 Å². The molecule has 1 aliphatic heterocycles. The van der Waals surface area contributed by atoms with E-state index in [2.05, 4.69) is 24.1 Å². The zero-order valence-corrected chi connectivity index (χ0v) is 13.9. The molecule has 124 valence electrons. The summed E-state index contributed by atoms with van der Waals surface area (Å²) in [4.78, 5) is 2.35. The molecule has 0 radical (unpaired) electrons. The minimum absolute atomic E-state index is 0.822. The minimum Gasteiger partial charge on any atom is -0.385 e. The fraction of sp³-hybridized carbons (Fsp3) is 0.333. The van der Waals surface area contributed by atoms with E-state index in [-0.39, 0.29) is 0 Å². The van der Waals surface area contributed by atoms with Crippen molar-refractivity contribution in [3.63, 3.8) is 0 Å². The van der Waals surface area contributed by atoms with Gasteiger partial charge < -0.3 is 15.1 Å². The van der Waals surface area contributed by atoms with Gasteiger partial charge in [0.2, 0.25) is 0 Å². The first-order chi connectivity index (χ1) is 11.7. The fourth-order valence-corrected chi connectivity index (χ4v) is 3.97. The molecule has 24 heavy (non-hydrogen) atoms. The van der Waals surface area contributed by atoms with Crippen LogP contribution < -0.4 is 0 Å². The number of likely N-dealkylation sites (tertiary alicyclic amines) is 1. The molecule has 2 atom stereocenters. The Labute approximate surface area is 142 Å². The molecule has 3 heteroatoms. The lowest BCUT2D eigenvalue weighted by Crippen LogP contribution is -2.27. The Morgan fingerprint density at radius 1 is 0.792 bits per heavy atom. The molecular weight excluding hydrogens is 298 g/mol. The van der Waals surface area contributed by atoms with Gasteiger partial charge in [0.05, 0.1) is 0 Å². The van der Waals surface area contributed by atoms with E-state index in [1.165, 1.54) is 11.1 Å². The monoisotopic (exact) mass is 321 g/mol. The van der Waals surface area contributed by atoms with Crippen LogP contribution in [0.5, 0.6) is 0 Å². The van der Waals surface area contributed by atoms with Crippen molar-refractivity contribution in [3.05, 3.63) is 76.4 Å². The van der Waals surface area contributed by atoms with Gasteiger partial charge in [-0.15, -0.1) is 0 Å². The van der Waals surface area contributed by atoms with Gasteiger partial charge in [-0.2, -0.15) is 0 Å². The molecule has 4 rings (SSSR count). The van der Waals surface area contributed by atoms with Crippen LogP contribution >= 0.6 is 0 Å². The quantitative estimate of drug-likeness (QED) is 0.782. The van der Waals surface area contributed by atoms with Gasteiger partial charge in [0, 0.05) is 13.1 Å². The highest BCUT2D eigenvalue weighted by atomic mass is 16.3. The van der Waals surface area contributed by atoms with Gasteiger partial charge in [0.15, 0.2) is 0 Å². The summed E-state index contributed by atoms with van der Waals surface area (Å²) < 4.78 is 0. The van der Waals surface area contributed by atoms with Gasteiger partial charge in [-0.3, -0.25) is 0 Å². The highest BCUT2D eigenvalue weighted by Crippen LogP contribution is 2.45.